The van der Waals surface area contributed by atoms with Crippen molar-refractivity contribution in [3.8, 4) is 0 Å². The number of carbonyl (C=O) groups excluding carboxylic acids is 2. The highest BCUT2D eigenvalue weighted by atomic mass is 32.2. The standard InChI is InChI=1S/C13H16FN3O5S/c1-23(20,21)17-4-2-16(3-5-17)12(18)9-22-13(19)10-6-11(14)8-15-7-10/h6-8H,2-5,9H2,1H3. The maximum atomic E-state index is 13.0. The molecule has 1 aromatic heterocycles. The first-order valence-electron chi connectivity index (χ1n) is 6.78. The van der Waals surface area contributed by atoms with Crippen LogP contribution in [-0.4, -0.2) is 73.5 Å². The second-order valence-corrected chi connectivity index (χ2v) is 6.99. The number of sulfonamides is 1. The van der Waals surface area contributed by atoms with Crippen LogP contribution in [0.25, 0.3) is 0 Å². The number of pyridine rings is 1. The molecule has 1 saturated heterocycles. The summed E-state index contributed by atoms with van der Waals surface area (Å²) in [6.45, 7) is 0.364. The summed E-state index contributed by atoms with van der Waals surface area (Å²) in [5, 5.41) is 0. The number of ether oxygens (including phenoxy) is 1. The Morgan fingerprint density at radius 1 is 1.26 bits per heavy atom. The highest BCUT2D eigenvalue weighted by Gasteiger charge is 2.26. The minimum atomic E-state index is -3.27. The summed E-state index contributed by atoms with van der Waals surface area (Å²) >= 11 is 0. The predicted molar refractivity (Wildman–Crippen MR) is 77.5 cm³/mol. The molecule has 0 bridgehead atoms. The number of hydrogen-bond acceptors (Lipinski definition) is 6. The molecule has 10 heteroatoms. The average molecular weight is 345 g/mol. The molecule has 0 aromatic carbocycles. The van der Waals surface area contributed by atoms with Gasteiger partial charge in [0.25, 0.3) is 5.91 Å². The van der Waals surface area contributed by atoms with E-state index in [2.05, 4.69) is 4.98 Å². The summed E-state index contributed by atoms with van der Waals surface area (Å²) < 4.78 is 41.8. The topological polar surface area (TPSA) is 96.9 Å². The molecule has 0 atom stereocenters. The zero-order valence-corrected chi connectivity index (χ0v) is 13.3. The molecule has 1 aromatic rings. The Morgan fingerprint density at radius 2 is 1.91 bits per heavy atom. The van der Waals surface area contributed by atoms with Gasteiger partial charge in [-0.3, -0.25) is 9.78 Å². The summed E-state index contributed by atoms with van der Waals surface area (Å²) in [6.07, 6.45) is 3.20. The first-order valence-corrected chi connectivity index (χ1v) is 8.63. The van der Waals surface area contributed by atoms with Crippen LogP contribution in [0.5, 0.6) is 0 Å². The Labute approximate surface area is 132 Å². The minimum Gasteiger partial charge on any atom is -0.452 e. The molecule has 0 saturated carbocycles. The van der Waals surface area contributed by atoms with Gasteiger partial charge in [0.05, 0.1) is 18.0 Å². The van der Waals surface area contributed by atoms with Crippen molar-refractivity contribution < 1.29 is 27.1 Å². The van der Waals surface area contributed by atoms with E-state index < -0.39 is 34.3 Å². The van der Waals surface area contributed by atoms with E-state index in [0.717, 1.165) is 24.7 Å². The zero-order valence-electron chi connectivity index (χ0n) is 12.4. The highest BCUT2D eigenvalue weighted by Crippen LogP contribution is 2.07. The predicted octanol–water partition coefficient (Wildman–Crippen LogP) is -0.519. The van der Waals surface area contributed by atoms with E-state index >= 15 is 0 Å². The van der Waals surface area contributed by atoms with E-state index in [4.69, 9.17) is 4.74 Å². The number of carbonyl (C=O) groups is 2. The first-order chi connectivity index (χ1) is 10.8. The summed E-state index contributed by atoms with van der Waals surface area (Å²) in [6, 6.07) is 0.963. The molecular weight excluding hydrogens is 329 g/mol. The summed E-state index contributed by atoms with van der Waals surface area (Å²) in [5.41, 5.74) is -0.0836. The number of aromatic nitrogens is 1. The fourth-order valence-electron chi connectivity index (χ4n) is 2.09. The number of halogens is 1. The molecule has 0 aliphatic carbocycles. The van der Waals surface area contributed by atoms with E-state index in [0.29, 0.717) is 0 Å². The number of nitrogens with zero attached hydrogens (tertiary/aromatic N) is 3. The zero-order chi connectivity index (χ0) is 17.0. The molecule has 2 rings (SSSR count). The molecule has 126 valence electrons. The Kier molecular flexibility index (Phi) is 5.26. The van der Waals surface area contributed by atoms with Crippen molar-refractivity contribution in [2.24, 2.45) is 0 Å². The molecule has 1 aliphatic rings. The van der Waals surface area contributed by atoms with Crippen molar-refractivity contribution in [3.05, 3.63) is 29.8 Å². The lowest BCUT2D eigenvalue weighted by molar-refractivity contribution is -0.135. The van der Waals surface area contributed by atoms with Crippen LogP contribution in [0.1, 0.15) is 10.4 Å². The van der Waals surface area contributed by atoms with Crippen LogP contribution in [0.15, 0.2) is 18.5 Å². The molecule has 8 nitrogen and oxygen atoms in total. The molecule has 1 fully saturated rings. The molecule has 1 aliphatic heterocycles. The van der Waals surface area contributed by atoms with E-state index in [-0.39, 0.29) is 31.7 Å². The largest absolute Gasteiger partial charge is 0.452 e. The van der Waals surface area contributed by atoms with Crippen LogP contribution >= 0.6 is 0 Å². The third kappa shape index (κ3) is 4.70. The van der Waals surface area contributed by atoms with Gasteiger partial charge in [-0.1, -0.05) is 0 Å². The van der Waals surface area contributed by atoms with Gasteiger partial charge in [0.1, 0.15) is 5.82 Å². The number of amides is 1. The van der Waals surface area contributed by atoms with Crippen molar-refractivity contribution >= 4 is 21.9 Å². The third-order valence-electron chi connectivity index (χ3n) is 3.33. The normalized spacial score (nSPS) is 16.2. The Hall–Kier alpha value is -2.07. The minimum absolute atomic E-state index is 0.0836. The molecule has 0 N–H and O–H groups in total. The van der Waals surface area contributed by atoms with Gasteiger partial charge in [0.15, 0.2) is 6.61 Å². The van der Waals surface area contributed by atoms with Crippen LogP contribution in [0.3, 0.4) is 0 Å². The molecule has 1 amide bonds. The summed E-state index contributed by atoms with van der Waals surface area (Å²) in [4.78, 5) is 28.6. The van der Waals surface area contributed by atoms with Crippen LogP contribution in [-0.2, 0) is 19.6 Å². The lowest BCUT2D eigenvalue weighted by Crippen LogP contribution is -2.51. The van der Waals surface area contributed by atoms with E-state index in [1.165, 1.54) is 9.21 Å². The Balaban J connectivity index is 1.83. The fraction of sp³-hybridized carbons (Fsp3) is 0.462. The number of piperazine rings is 1. The fourth-order valence-corrected chi connectivity index (χ4v) is 2.92. The molecule has 0 spiro atoms. The maximum absolute atomic E-state index is 13.0. The Morgan fingerprint density at radius 3 is 2.48 bits per heavy atom. The van der Waals surface area contributed by atoms with E-state index in [1.54, 1.807) is 0 Å². The van der Waals surface area contributed by atoms with Crippen LogP contribution in [0.4, 0.5) is 4.39 Å². The lowest BCUT2D eigenvalue weighted by Gasteiger charge is -2.33. The molecular formula is C13H16FN3O5S. The molecule has 0 radical (unpaired) electrons. The Bertz CT molecular complexity index is 701. The molecule has 0 unspecified atom stereocenters. The monoisotopic (exact) mass is 345 g/mol. The average Bonchev–Trinajstić information content (AvgIpc) is 2.51. The van der Waals surface area contributed by atoms with Gasteiger partial charge in [0, 0.05) is 32.4 Å². The van der Waals surface area contributed by atoms with Gasteiger partial charge in [-0.2, -0.15) is 4.31 Å². The molecule has 23 heavy (non-hydrogen) atoms. The van der Waals surface area contributed by atoms with Gasteiger partial charge in [-0.15, -0.1) is 0 Å². The smallest absolute Gasteiger partial charge is 0.340 e. The molecule has 2 heterocycles. The van der Waals surface area contributed by atoms with Crippen molar-refractivity contribution in [1.82, 2.24) is 14.2 Å². The van der Waals surface area contributed by atoms with Crippen molar-refractivity contribution in [2.75, 3.05) is 39.0 Å². The lowest BCUT2D eigenvalue weighted by atomic mass is 10.3. The van der Waals surface area contributed by atoms with Gasteiger partial charge < -0.3 is 9.64 Å². The summed E-state index contributed by atoms with van der Waals surface area (Å²) in [5.74, 6) is -1.96. The van der Waals surface area contributed by atoms with Crippen LogP contribution < -0.4 is 0 Å². The third-order valence-corrected chi connectivity index (χ3v) is 4.63. The van der Waals surface area contributed by atoms with Gasteiger partial charge >= 0.3 is 5.97 Å². The first kappa shape index (κ1) is 17.3. The quantitative estimate of drug-likeness (QED) is 0.682. The van der Waals surface area contributed by atoms with Gasteiger partial charge in [0.2, 0.25) is 10.0 Å². The number of hydrogen-bond donors (Lipinski definition) is 0. The SMILES string of the molecule is CS(=O)(=O)N1CCN(C(=O)COC(=O)c2cncc(F)c2)CC1. The second-order valence-electron chi connectivity index (χ2n) is 5.01. The van der Waals surface area contributed by atoms with E-state index in [1.807, 2.05) is 0 Å². The van der Waals surface area contributed by atoms with Gasteiger partial charge in [-0.25, -0.2) is 17.6 Å². The second kappa shape index (κ2) is 7.01. The van der Waals surface area contributed by atoms with Crippen LogP contribution in [0, 0.1) is 5.82 Å². The van der Waals surface area contributed by atoms with Gasteiger partial charge in [-0.05, 0) is 6.07 Å². The van der Waals surface area contributed by atoms with Crippen LogP contribution in [0.2, 0.25) is 0 Å². The maximum Gasteiger partial charge on any atom is 0.340 e. The highest BCUT2D eigenvalue weighted by molar-refractivity contribution is 7.88. The van der Waals surface area contributed by atoms with E-state index in [9.17, 15) is 22.4 Å². The van der Waals surface area contributed by atoms with Crippen molar-refractivity contribution in [3.63, 3.8) is 0 Å². The number of esters is 1. The summed E-state index contributed by atoms with van der Waals surface area (Å²) in [7, 11) is -3.27. The number of rotatable bonds is 4. The van der Waals surface area contributed by atoms with Crippen molar-refractivity contribution in [2.45, 2.75) is 0 Å². The van der Waals surface area contributed by atoms with Crippen molar-refractivity contribution in [1.29, 1.82) is 0 Å².